The molecule has 11 nitrogen and oxygen atoms in total. The van der Waals surface area contributed by atoms with E-state index in [4.69, 9.17) is 13.9 Å². The first-order valence-electron chi connectivity index (χ1n) is 15.5. The molecule has 2 unspecified atom stereocenters. The lowest BCUT2D eigenvalue weighted by Crippen LogP contribution is -2.52. The number of aromatic nitrogens is 3. The second-order valence-corrected chi connectivity index (χ2v) is 14.5. The lowest BCUT2D eigenvalue weighted by atomic mass is 9.83. The number of thiophene rings is 1. The van der Waals surface area contributed by atoms with Gasteiger partial charge >= 0.3 is 11.7 Å². The summed E-state index contributed by atoms with van der Waals surface area (Å²) in [6.07, 6.45) is 6.41. The molecule has 2 saturated carbocycles. The first-order chi connectivity index (χ1) is 21.9. The highest BCUT2D eigenvalue weighted by Gasteiger charge is 2.48. The molecule has 0 spiro atoms. The van der Waals surface area contributed by atoms with E-state index in [9.17, 15) is 24.8 Å². The van der Waals surface area contributed by atoms with Crippen LogP contribution in [0.25, 0.3) is 21.0 Å². The van der Waals surface area contributed by atoms with Crippen molar-refractivity contribution in [1.82, 2.24) is 14.1 Å². The molecule has 0 amide bonds. The van der Waals surface area contributed by atoms with Crippen LogP contribution in [0.2, 0.25) is 0 Å². The number of methoxy groups -OCH3 is 1. The lowest BCUT2D eigenvalue weighted by Gasteiger charge is -2.28. The zero-order chi connectivity index (χ0) is 33.0. The Balaban J connectivity index is 1.47. The summed E-state index contributed by atoms with van der Waals surface area (Å²) < 4.78 is 20.5. The first-order valence-corrected chi connectivity index (χ1v) is 16.3. The Bertz CT molecular complexity index is 1930. The molecule has 0 saturated heterocycles. The largest absolute Gasteiger partial charge is 0.496 e. The molecule has 2 fully saturated rings. The maximum Gasteiger partial charge on any atom is 0.333 e. The van der Waals surface area contributed by atoms with Crippen molar-refractivity contribution in [3.8, 4) is 22.6 Å². The quantitative estimate of drug-likeness (QED) is 0.223. The summed E-state index contributed by atoms with van der Waals surface area (Å²) in [5.41, 5.74) is -1.94. The highest BCUT2D eigenvalue weighted by molar-refractivity contribution is 7.22. The van der Waals surface area contributed by atoms with Gasteiger partial charge in [-0.25, -0.2) is 19.1 Å². The van der Waals surface area contributed by atoms with Gasteiger partial charge in [0.15, 0.2) is 0 Å². The molecule has 1 N–H and O–H groups in total. The van der Waals surface area contributed by atoms with Gasteiger partial charge in [0.05, 0.1) is 42.3 Å². The van der Waals surface area contributed by atoms with Crippen molar-refractivity contribution in [2.24, 2.45) is 17.3 Å². The summed E-state index contributed by atoms with van der Waals surface area (Å²) >= 11 is 1.20. The molecule has 5 atom stereocenters. The molecule has 6 rings (SSSR count). The normalized spacial score (nSPS) is 23.3. The van der Waals surface area contributed by atoms with E-state index in [2.05, 4.69) is 18.0 Å². The van der Waals surface area contributed by atoms with Gasteiger partial charge in [0.1, 0.15) is 28.5 Å². The van der Waals surface area contributed by atoms with Crippen LogP contribution in [0.1, 0.15) is 70.1 Å². The molecule has 46 heavy (non-hydrogen) atoms. The maximum absolute atomic E-state index is 14.3. The third-order valence-electron chi connectivity index (χ3n) is 9.93. The van der Waals surface area contributed by atoms with Crippen molar-refractivity contribution >= 4 is 27.5 Å². The van der Waals surface area contributed by atoms with Crippen molar-refractivity contribution < 1.29 is 23.8 Å². The predicted molar refractivity (Wildman–Crippen MR) is 172 cm³/mol. The van der Waals surface area contributed by atoms with Crippen molar-refractivity contribution in [1.29, 1.82) is 5.26 Å². The van der Waals surface area contributed by atoms with E-state index in [1.165, 1.54) is 42.2 Å². The number of fused-ring (bicyclic) bond motifs is 2. The number of para-hydroxylation sites is 1. The Morgan fingerprint density at radius 1 is 1.26 bits per heavy atom. The van der Waals surface area contributed by atoms with Crippen LogP contribution < -0.4 is 16.0 Å². The number of ether oxygens (including phenoxy) is 2. The summed E-state index contributed by atoms with van der Waals surface area (Å²) in [6.45, 7) is 6.64. The summed E-state index contributed by atoms with van der Waals surface area (Å²) in [5, 5.41) is 19.7. The summed E-state index contributed by atoms with van der Waals surface area (Å²) in [7, 11) is 1.58. The fraction of sp³-hybridized carbons (Fsp3) is 0.500. The molecule has 2 aliphatic carbocycles. The monoisotopic (exact) mass is 646 g/mol. The Labute approximate surface area is 270 Å². The van der Waals surface area contributed by atoms with Crippen LogP contribution in [-0.4, -0.2) is 38.4 Å². The molecular formula is C34H38N4O7S. The Hall–Kier alpha value is -4.21. The van der Waals surface area contributed by atoms with Crippen molar-refractivity contribution in [2.75, 3.05) is 7.11 Å². The number of carboxylic acids is 1. The smallest absolute Gasteiger partial charge is 0.333 e. The molecule has 0 aliphatic heterocycles. The van der Waals surface area contributed by atoms with E-state index >= 15 is 0 Å². The van der Waals surface area contributed by atoms with E-state index in [-0.39, 0.29) is 23.4 Å². The van der Waals surface area contributed by atoms with Gasteiger partial charge in [-0.1, -0.05) is 25.1 Å². The molecule has 3 heterocycles. The molecular weight excluding hydrogens is 608 g/mol. The highest BCUT2D eigenvalue weighted by Crippen LogP contribution is 2.55. The summed E-state index contributed by atoms with van der Waals surface area (Å²) in [4.78, 5) is 45.9. The first kappa shape index (κ1) is 31.8. The summed E-state index contributed by atoms with van der Waals surface area (Å²) in [6, 6.07) is 9.84. The van der Waals surface area contributed by atoms with Crippen LogP contribution in [0.5, 0.6) is 5.75 Å². The summed E-state index contributed by atoms with van der Waals surface area (Å²) in [5.74, 6) is 0.505. The van der Waals surface area contributed by atoms with Gasteiger partial charge in [-0.3, -0.25) is 9.36 Å². The minimum absolute atomic E-state index is 0.00857. The van der Waals surface area contributed by atoms with Gasteiger partial charge in [0.25, 0.3) is 5.56 Å². The SMILES string of the molecule is COc1ccccc1C(Cn1c(=O)n(C(C)(C)C(=O)O)c(=O)c2c(C)c(-c3ncco3)sc21)O[C@@H]1C[C@@H]2CC(C)(CC#N)C[C@@H]2C1. The standard InChI is InChI=1S/C34H38N4O7S/c1-19-26-29(39)38(33(2,3)31(40)41)32(42)37(30(26)46-27(19)28-36-12-13-44-28)18-25(23-8-6-7-9-24(23)43-5)45-22-14-20-16-34(4,10-11-35)17-21(20)15-22/h6-9,12-13,20-22,25H,10,14-18H2,1-5H3,(H,40,41)/t20-,21+,22-,25?,34?. The van der Waals surface area contributed by atoms with Gasteiger partial charge < -0.3 is 19.0 Å². The van der Waals surface area contributed by atoms with Crippen LogP contribution in [0, 0.1) is 35.5 Å². The van der Waals surface area contributed by atoms with Crippen LogP contribution in [0.15, 0.2) is 50.7 Å². The molecule has 242 valence electrons. The van der Waals surface area contributed by atoms with Gasteiger partial charge in [-0.15, -0.1) is 11.3 Å². The fourth-order valence-corrected chi connectivity index (χ4v) is 8.87. The van der Waals surface area contributed by atoms with Crippen LogP contribution in [0.4, 0.5) is 0 Å². The van der Waals surface area contributed by atoms with Gasteiger partial charge in [-0.2, -0.15) is 5.26 Å². The maximum atomic E-state index is 14.3. The van der Waals surface area contributed by atoms with E-state index in [0.717, 1.165) is 35.8 Å². The fourth-order valence-electron chi connectivity index (χ4n) is 7.63. The number of hydrogen-bond donors (Lipinski definition) is 1. The number of aliphatic carboxylic acids is 1. The minimum atomic E-state index is -1.83. The van der Waals surface area contributed by atoms with Gasteiger partial charge in [0, 0.05) is 12.0 Å². The number of carbonyl (C=O) groups is 1. The molecule has 0 radical (unpaired) electrons. The minimum Gasteiger partial charge on any atom is -0.496 e. The second-order valence-electron chi connectivity index (χ2n) is 13.5. The molecule has 12 heteroatoms. The van der Waals surface area contributed by atoms with Gasteiger partial charge in [-0.05, 0) is 75.3 Å². The van der Waals surface area contributed by atoms with Gasteiger partial charge in [0.2, 0.25) is 5.89 Å². The zero-order valence-electron chi connectivity index (χ0n) is 26.6. The van der Waals surface area contributed by atoms with Crippen LogP contribution >= 0.6 is 11.3 Å². The predicted octanol–water partition coefficient (Wildman–Crippen LogP) is 5.88. The zero-order valence-corrected chi connectivity index (χ0v) is 27.4. The lowest BCUT2D eigenvalue weighted by molar-refractivity contribution is -0.146. The molecule has 1 aromatic carbocycles. The van der Waals surface area contributed by atoms with Crippen LogP contribution in [0.3, 0.4) is 0 Å². The number of benzene rings is 1. The number of nitriles is 1. The van der Waals surface area contributed by atoms with E-state index in [1.54, 1.807) is 14.0 Å². The van der Waals surface area contributed by atoms with Crippen molar-refractivity contribution in [2.45, 2.75) is 84.1 Å². The molecule has 0 bridgehead atoms. The number of hydrogen-bond acceptors (Lipinski definition) is 9. The Morgan fingerprint density at radius 2 is 1.96 bits per heavy atom. The average Bonchev–Trinajstić information content (AvgIpc) is 3.78. The number of oxazole rings is 1. The molecule has 4 aromatic rings. The van der Waals surface area contributed by atoms with Crippen molar-refractivity contribution in [3.63, 3.8) is 0 Å². The highest BCUT2D eigenvalue weighted by atomic mass is 32.1. The number of aryl methyl sites for hydroxylation is 1. The Morgan fingerprint density at radius 3 is 2.57 bits per heavy atom. The third-order valence-corrected chi connectivity index (χ3v) is 11.2. The van der Waals surface area contributed by atoms with E-state index in [0.29, 0.717) is 45.2 Å². The van der Waals surface area contributed by atoms with Crippen LogP contribution in [-0.2, 0) is 21.6 Å². The molecule has 2 aliphatic rings. The number of nitrogens with zero attached hydrogens (tertiary/aromatic N) is 4. The molecule has 3 aromatic heterocycles. The third kappa shape index (κ3) is 5.35. The number of rotatable bonds is 10. The van der Waals surface area contributed by atoms with Crippen molar-refractivity contribution in [3.05, 3.63) is 68.7 Å². The average molecular weight is 647 g/mol. The Kier molecular flexibility index (Phi) is 8.19. The van der Waals surface area contributed by atoms with E-state index in [1.807, 2.05) is 24.3 Å². The second kappa shape index (κ2) is 11.9. The van der Waals surface area contributed by atoms with E-state index < -0.39 is 28.9 Å². The number of carboxylic acid groups (broad SMARTS) is 1. The topological polar surface area (TPSA) is 150 Å².